The lowest BCUT2D eigenvalue weighted by Gasteiger charge is -2.01. The molecule has 0 fully saturated rings. The molecule has 0 radical (unpaired) electrons. The van der Waals surface area contributed by atoms with Crippen molar-refractivity contribution in [3.05, 3.63) is 54.1 Å². The summed E-state index contributed by atoms with van der Waals surface area (Å²) in [6, 6.07) is 11.8. The quantitative estimate of drug-likeness (QED) is 0.752. The minimum absolute atomic E-state index is 0.138. The van der Waals surface area contributed by atoms with Gasteiger partial charge in [0.05, 0.1) is 11.0 Å². The fourth-order valence-corrected chi connectivity index (χ4v) is 2.11. The van der Waals surface area contributed by atoms with Crippen LogP contribution in [0.25, 0.3) is 22.2 Å². The van der Waals surface area contributed by atoms with Crippen molar-refractivity contribution in [3.8, 4) is 11.1 Å². The minimum atomic E-state index is -0.928. The first-order valence-electron chi connectivity index (χ1n) is 7.49. The summed E-state index contributed by atoms with van der Waals surface area (Å²) in [6.45, 7) is 4.25. The highest BCUT2D eigenvalue weighted by Gasteiger charge is 2.08. The lowest BCUT2D eigenvalue weighted by molar-refractivity contribution is -0.136. The van der Waals surface area contributed by atoms with Crippen molar-refractivity contribution in [3.63, 3.8) is 0 Å². The molecule has 120 valence electrons. The molecule has 3 rings (SSSR count). The van der Waals surface area contributed by atoms with Gasteiger partial charge in [0.1, 0.15) is 18.1 Å². The van der Waals surface area contributed by atoms with Gasteiger partial charge in [-0.3, -0.25) is 4.79 Å². The largest absolute Gasteiger partial charge is 0.481 e. The van der Waals surface area contributed by atoms with Gasteiger partial charge in [-0.15, -0.1) is 0 Å². The Kier molecular flexibility index (Phi) is 5.46. The van der Waals surface area contributed by atoms with E-state index in [-0.39, 0.29) is 12.2 Å². The number of carboxylic acid groups (broad SMARTS) is 1. The molecule has 1 aromatic heterocycles. The monoisotopic (exact) mass is 314 g/mol. The van der Waals surface area contributed by atoms with Gasteiger partial charge in [-0.05, 0) is 35.4 Å². The summed E-state index contributed by atoms with van der Waals surface area (Å²) in [5, 5.41) is 8.76. The van der Waals surface area contributed by atoms with E-state index in [1.807, 2.05) is 18.2 Å². The van der Waals surface area contributed by atoms with Crippen LogP contribution >= 0.6 is 0 Å². The summed E-state index contributed by atoms with van der Waals surface area (Å²) >= 11 is 0. The van der Waals surface area contributed by atoms with Gasteiger partial charge in [-0.1, -0.05) is 38.5 Å². The summed E-state index contributed by atoms with van der Waals surface area (Å²) in [4.78, 5) is 17.9. The highest BCUT2D eigenvalue weighted by Crippen LogP contribution is 2.23. The molecule has 2 N–H and O–H groups in total. The summed E-state index contributed by atoms with van der Waals surface area (Å²) < 4.78 is 12.9. The van der Waals surface area contributed by atoms with Crippen molar-refractivity contribution in [1.29, 1.82) is 0 Å². The van der Waals surface area contributed by atoms with Crippen LogP contribution in [0.3, 0.4) is 0 Å². The van der Waals surface area contributed by atoms with Gasteiger partial charge in [0.2, 0.25) is 0 Å². The van der Waals surface area contributed by atoms with Crippen molar-refractivity contribution in [2.45, 2.75) is 26.7 Å². The number of hydrogen-bond donors (Lipinski definition) is 2. The molecule has 0 saturated heterocycles. The predicted molar refractivity (Wildman–Crippen MR) is 88.8 cm³/mol. The van der Waals surface area contributed by atoms with Crippen LogP contribution in [0.1, 0.15) is 26.1 Å². The molecule has 2 aromatic carbocycles. The van der Waals surface area contributed by atoms with Crippen LogP contribution in [-0.2, 0) is 11.2 Å². The van der Waals surface area contributed by atoms with Crippen LogP contribution in [-0.4, -0.2) is 21.0 Å². The summed E-state index contributed by atoms with van der Waals surface area (Å²) in [6.07, 6.45) is 1.11. The number of nitrogens with one attached hydrogen (secondary N) is 1. The van der Waals surface area contributed by atoms with E-state index in [0.29, 0.717) is 11.3 Å². The predicted octanol–water partition coefficient (Wildman–Crippen LogP) is 4.41. The number of hydrogen-bond acceptors (Lipinski definition) is 2. The third-order valence-electron chi connectivity index (χ3n) is 3.03. The molecule has 0 saturated carbocycles. The molecule has 0 aliphatic carbocycles. The zero-order valence-corrected chi connectivity index (χ0v) is 13.1. The maximum Gasteiger partial charge on any atom is 0.311 e. The Bertz CT molecular complexity index is 794. The van der Waals surface area contributed by atoms with E-state index < -0.39 is 5.97 Å². The average molecular weight is 314 g/mol. The number of aliphatic carboxylic acids is 1. The molecule has 0 aliphatic heterocycles. The number of benzene rings is 2. The number of fused-ring (bicyclic) bond motifs is 1. The molecule has 3 aromatic rings. The fraction of sp³-hybridized carbons (Fsp3) is 0.222. The van der Waals surface area contributed by atoms with Gasteiger partial charge in [0, 0.05) is 0 Å². The van der Waals surface area contributed by atoms with Crippen LogP contribution in [0.5, 0.6) is 0 Å². The van der Waals surface area contributed by atoms with Crippen LogP contribution < -0.4 is 0 Å². The Hall–Kier alpha value is -2.69. The Morgan fingerprint density at radius 1 is 1.13 bits per heavy atom. The number of imidazole rings is 1. The average Bonchev–Trinajstić information content (AvgIpc) is 2.89. The number of halogens is 1. The molecule has 0 bridgehead atoms. The molecule has 0 aliphatic rings. The van der Waals surface area contributed by atoms with E-state index in [0.717, 1.165) is 16.6 Å². The molecular formula is C18H19FN2O2. The normalized spacial score (nSPS) is 10.2. The summed E-state index contributed by atoms with van der Waals surface area (Å²) in [7, 11) is 0. The van der Waals surface area contributed by atoms with Gasteiger partial charge in [-0.2, -0.15) is 0 Å². The van der Waals surface area contributed by atoms with Gasteiger partial charge in [-0.25, -0.2) is 9.37 Å². The minimum Gasteiger partial charge on any atom is -0.481 e. The molecule has 0 unspecified atom stereocenters. The molecule has 4 nitrogen and oxygen atoms in total. The zero-order chi connectivity index (χ0) is 16.8. The second-order valence-electron chi connectivity index (χ2n) is 5.20. The first kappa shape index (κ1) is 16.7. The topological polar surface area (TPSA) is 66.0 Å². The molecule has 0 atom stereocenters. The first-order valence-corrected chi connectivity index (χ1v) is 7.49. The lowest BCUT2D eigenvalue weighted by atomic mass is 10.1. The van der Waals surface area contributed by atoms with Crippen molar-refractivity contribution >= 4 is 17.0 Å². The number of nitrogens with zero attached hydrogens (tertiary/aromatic N) is 1. The molecule has 23 heavy (non-hydrogen) atoms. The van der Waals surface area contributed by atoms with Gasteiger partial charge in [0.25, 0.3) is 0 Å². The van der Waals surface area contributed by atoms with Crippen molar-refractivity contribution < 1.29 is 14.3 Å². The Labute approximate surface area is 134 Å². The van der Waals surface area contributed by atoms with Crippen LogP contribution in [0, 0.1) is 5.82 Å². The summed E-state index contributed by atoms with van der Waals surface area (Å²) in [5.74, 6) is -0.785. The molecule has 0 spiro atoms. The van der Waals surface area contributed by atoms with Crippen molar-refractivity contribution in [2.24, 2.45) is 0 Å². The van der Waals surface area contributed by atoms with E-state index >= 15 is 0 Å². The maximum atomic E-state index is 12.9. The Balaban J connectivity index is 0.000000595. The third-order valence-corrected chi connectivity index (χ3v) is 3.03. The highest BCUT2D eigenvalue weighted by molar-refractivity contribution is 5.82. The third kappa shape index (κ3) is 4.39. The van der Waals surface area contributed by atoms with Gasteiger partial charge in [0.15, 0.2) is 0 Å². The Morgan fingerprint density at radius 2 is 1.74 bits per heavy atom. The van der Waals surface area contributed by atoms with E-state index in [2.05, 4.69) is 23.8 Å². The zero-order valence-electron chi connectivity index (χ0n) is 13.1. The number of aromatic nitrogens is 2. The number of aromatic amines is 1. The first-order chi connectivity index (χ1) is 11.0. The fourth-order valence-electron chi connectivity index (χ4n) is 2.11. The molecule has 5 heteroatoms. The maximum absolute atomic E-state index is 12.9. The molecule has 1 heterocycles. The summed E-state index contributed by atoms with van der Waals surface area (Å²) in [5.41, 5.74) is 3.29. The smallest absolute Gasteiger partial charge is 0.311 e. The van der Waals surface area contributed by atoms with Crippen molar-refractivity contribution in [2.75, 3.05) is 0 Å². The second kappa shape index (κ2) is 7.54. The molecule has 0 amide bonds. The van der Waals surface area contributed by atoms with E-state index in [1.165, 1.54) is 18.6 Å². The van der Waals surface area contributed by atoms with Gasteiger partial charge < -0.3 is 10.1 Å². The van der Waals surface area contributed by atoms with Crippen molar-refractivity contribution in [1.82, 2.24) is 9.97 Å². The SMILES string of the molecule is CCC.O=C(O)Cc1nc2ccc(-c3ccc(F)cc3)cc2[nH]1. The number of carbonyl (C=O) groups is 1. The van der Waals surface area contributed by atoms with E-state index in [1.54, 1.807) is 12.1 Å². The standard InChI is InChI=1S/C15H11FN2O2.C3H8/c16-11-4-1-9(2-5-11)10-3-6-12-13(7-10)18-14(17-12)8-15(19)20;1-3-2/h1-7H,8H2,(H,17,18)(H,19,20);3H2,1-2H3. The lowest BCUT2D eigenvalue weighted by Crippen LogP contribution is -2.01. The van der Waals surface area contributed by atoms with E-state index in [9.17, 15) is 9.18 Å². The van der Waals surface area contributed by atoms with Crippen LogP contribution in [0.15, 0.2) is 42.5 Å². The van der Waals surface area contributed by atoms with Crippen LogP contribution in [0.2, 0.25) is 0 Å². The molecular weight excluding hydrogens is 295 g/mol. The number of rotatable bonds is 3. The highest BCUT2D eigenvalue weighted by atomic mass is 19.1. The van der Waals surface area contributed by atoms with Gasteiger partial charge >= 0.3 is 5.97 Å². The second-order valence-corrected chi connectivity index (χ2v) is 5.20. The number of carboxylic acids is 1. The number of H-pyrrole nitrogens is 1. The Morgan fingerprint density at radius 3 is 2.35 bits per heavy atom. The van der Waals surface area contributed by atoms with E-state index in [4.69, 9.17) is 5.11 Å². The van der Waals surface area contributed by atoms with Crippen LogP contribution in [0.4, 0.5) is 4.39 Å².